The van der Waals surface area contributed by atoms with Gasteiger partial charge in [0.1, 0.15) is 25.8 Å². The molecule has 1 heterocycles. The van der Waals surface area contributed by atoms with Gasteiger partial charge < -0.3 is 19.7 Å². The van der Waals surface area contributed by atoms with Crippen LogP contribution in [0, 0.1) is 0 Å². The topological polar surface area (TPSA) is 105 Å². The molecule has 0 spiro atoms. The summed E-state index contributed by atoms with van der Waals surface area (Å²) in [5, 5.41) is 3.43. The van der Waals surface area contributed by atoms with Crippen LogP contribution >= 0.6 is 11.6 Å². The molecule has 1 aliphatic heterocycles. The number of hydrogen-bond acceptors (Lipinski definition) is 6. The molecule has 1 atom stereocenters. The van der Waals surface area contributed by atoms with E-state index in [1.165, 1.54) is 11.8 Å². The van der Waals surface area contributed by atoms with Crippen molar-refractivity contribution in [1.29, 1.82) is 0 Å². The second kappa shape index (κ2) is 11.6. The third kappa shape index (κ3) is 7.52. The highest BCUT2D eigenvalue weighted by Crippen LogP contribution is 2.35. The Morgan fingerprint density at radius 2 is 1.68 bits per heavy atom. The predicted molar refractivity (Wildman–Crippen MR) is 144 cm³/mol. The first-order chi connectivity index (χ1) is 17.3. The Balaban J connectivity index is 1.95. The maximum atomic E-state index is 13.7. The third-order valence-electron chi connectivity index (χ3n) is 5.72. The molecule has 3 rings (SSSR count). The van der Waals surface area contributed by atoms with Gasteiger partial charge in [-0.15, -0.1) is 0 Å². The summed E-state index contributed by atoms with van der Waals surface area (Å²) in [6.07, 6.45) is 0. The first-order valence-corrected chi connectivity index (χ1v) is 14.1. The Hall–Kier alpha value is -2.98. The van der Waals surface area contributed by atoms with Gasteiger partial charge in [-0.3, -0.25) is 13.9 Å². The molecule has 2 aromatic rings. The van der Waals surface area contributed by atoms with Gasteiger partial charge in [-0.05, 0) is 64.4 Å². The summed E-state index contributed by atoms with van der Waals surface area (Å²) in [7, 11) is -3.85. The van der Waals surface area contributed by atoms with Crippen molar-refractivity contribution >= 4 is 39.1 Å². The number of anilines is 1. The van der Waals surface area contributed by atoms with Gasteiger partial charge in [0.05, 0.1) is 11.4 Å². The maximum Gasteiger partial charge on any atom is 0.244 e. The molecule has 11 heteroatoms. The first kappa shape index (κ1) is 28.6. The average Bonchev–Trinajstić information content (AvgIpc) is 2.85. The van der Waals surface area contributed by atoms with Crippen molar-refractivity contribution < 1.29 is 27.5 Å². The molecular weight excluding hydrogens is 518 g/mol. The third-order valence-corrected chi connectivity index (χ3v) is 7.72. The van der Waals surface area contributed by atoms with Crippen LogP contribution in [0.1, 0.15) is 40.2 Å². The Kier molecular flexibility index (Phi) is 8.96. The van der Waals surface area contributed by atoms with Crippen molar-refractivity contribution in [2.75, 3.05) is 29.8 Å². The quantitative estimate of drug-likeness (QED) is 0.510. The van der Waals surface area contributed by atoms with Crippen LogP contribution in [0.3, 0.4) is 0 Å². The summed E-state index contributed by atoms with van der Waals surface area (Å²) in [5.41, 5.74) is 0.512. The Morgan fingerprint density at radius 1 is 1.05 bits per heavy atom. The molecule has 0 aromatic heterocycles. The van der Waals surface area contributed by atoms with Gasteiger partial charge in [0.25, 0.3) is 0 Å². The SMILES string of the molecule is CCS(=O)(=O)N(CC(=O)N(Cc1ccc(Cl)cc1)[C@H](C)C(=O)NC(C)(C)C)c1ccc2c(c1)OCCO2. The molecule has 0 radical (unpaired) electrons. The second-order valence-corrected chi connectivity index (χ2v) is 12.4. The number of hydrogen-bond donors (Lipinski definition) is 1. The Labute approximate surface area is 223 Å². The van der Waals surface area contributed by atoms with Gasteiger partial charge in [0, 0.05) is 23.2 Å². The monoisotopic (exact) mass is 551 g/mol. The molecule has 2 aromatic carbocycles. The maximum absolute atomic E-state index is 13.7. The van der Waals surface area contributed by atoms with Crippen LogP contribution in [-0.2, 0) is 26.2 Å². The van der Waals surface area contributed by atoms with Crippen molar-refractivity contribution in [3.63, 3.8) is 0 Å². The number of halogens is 1. The second-order valence-electron chi connectivity index (χ2n) is 9.80. The van der Waals surface area contributed by atoms with Gasteiger partial charge in [-0.25, -0.2) is 8.42 Å². The molecule has 1 N–H and O–H groups in total. The number of amides is 2. The molecular formula is C26H34ClN3O6S. The lowest BCUT2D eigenvalue weighted by Gasteiger charge is -2.33. The number of carbonyl (C=O) groups is 2. The van der Waals surface area contributed by atoms with E-state index in [-0.39, 0.29) is 23.9 Å². The molecule has 202 valence electrons. The van der Waals surface area contributed by atoms with E-state index in [2.05, 4.69) is 5.32 Å². The van der Waals surface area contributed by atoms with Crippen LogP contribution < -0.4 is 19.1 Å². The first-order valence-electron chi connectivity index (χ1n) is 12.1. The minimum atomic E-state index is -3.85. The fraction of sp³-hybridized carbons (Fsp3) is 0.462. The largest absolute Gasteiger partial charge is 0.486 e. The molecule has 0 saturated heterocycles. The van der Waals surface area contributed by atoms with E-state index in [0.717, 1.165) is 9.87 Å². The number of carbonyl (C=O) groups excluding carboxylic acids is 2. The van der Waals surface area contributed by atoms with E-state index in [1.807, 2.05) is 20.8 Å². The molecule has 0 saturated carbocycles. The number of fused-ring (bicyclic) bond motifs is 1. The standard InChI is InChI=1S/C26H34ClN3O6S/c1-6-37(33,34)30(21-11-12-22-23(15-21)36-14-13-35-22)17-24(31)29(16-19-7-9-20(27)10-8-19)18(2)25(32)28-26(3,4)5/h7-12,15,18H,6,13-14,16-17H2,1-5H3,(H,28,32)/t18-/m1/s1. The van der Waals surface area contributed by atoms with E-state index < -0.39 is 34.1 Å². The Morgan fingerprint density at radius 3 is 2.27 bits per heavy atom. The molecule has 0 bridgehead atoms. The van der Waals surface area contributed by atoms with Gasteiger partial charge in [0.15, 0.2) is 11.5 Å². The van der Waals surface area contributed by atoms with Crippen LogP contribution in [0.4, 0.5) is 5.69 Å². The van der Waals surface area contributed by atoms with E-state index >= 15 is 0 Å². The summed E-state index contributed by atoms with van der Waals surface area (Å²) >= 11 is 6.01. The number of sulfonamides is 1. The summed E-state index contributed by atoms with van der Waals surface area (Å²) in [4.78, 5) is 28.1. The molecule has 1 aliphatic rings. The van der Waals surface area contributed by atoms with Crippen molar-refractivity contribution in [2.24, 2.45) is 0 Å². The lowest BCUT2D eigenvalue weighted by atomic mass is 10.1. The number of ether oxygens (including phenoxy) is 2. The van der Waals surface area contributed by atoms with Gasteiger partial charge in [-0.1, -0.05) is 23.7 Å². The zero-order valence-corrected chi connectivity index (χ0v) is 23.4. The normalized spacial score (nSPS) is 14.0. The highest BCUT2D eigenvalue weighted by atomic mass is 35.5. The average molecular weight is 552 g/mol. The summed E-state index contributed by atoms with van der Waals surface area (Å²) in [6, 6.07) is 10.8. The van der Waals surface area contributed by atoms with Crippen LogP contribution in [0.25, 0.3) is 0 Å². The van der Waals surface area contributed by atoms with Crippen molar-refractivity contribution in [2.45, 2.75) is 52.7 Å². The van der Waals surface area contributed by atoms with Crippen LogP contribution in [-0.4, -0.2) is 62.2 Å². The number of benzene rings is 2. The molecule has 37 heavy (non-hydrogen) atoms. The van der Waals surface area contributed by atoms with Gasteiger partial charge in [0.2, 0.25) is 21.8 Å². The van der Waals surface area contributed by atoms with Crippen LogP contribution in [0.5, 0.6) is 11.5 Å². The fourth-order valence-electron chi connectivity index (χ4n) is 3.75. The zero-order chi connectivity index (χ0) is 27.4. The van der Waals surface area contributed by atoms with Crippen molar-refractivity contribution in [3.8, 4) is 11.5 Å². The summed E-state index contributed by atoms with van der Waals surface area (Å²) in [5.74, 6) is -0.181. The summed E-state index contributed by atoms with van der Waals surface area (Å²) < 4.78 is 38.4. The van der Waals surface area contributed by atoms with Gasteiger partial charge >= 0.3 is 0 Å². The van der Waals surface area contributed by atoms with E-state index in [4.69, 9.17) is 21.1 Å². The molecule has 0 fully saturated rings. The van der Waals surface area contributed by atoms with Crippen molar-refractivity contribution in [3.05, 3.63) is 53.1 Å². The minimum Gasteiger partial charge on any atom is -0.486 e. The Bertz CT molecular complexity index is 1230. The molecule has 0 aliphatic carbocycles. The minimum absolute atomic E-state index is 0.0931. The summed E-state index contributed by atoms with van der Waals surface area (Å²) in [6.45, 7) is 9.02. The predicted octanol–water partition coefficient (Wildman–Crippen LogP) is 3.60. The van der Waals surface area contributed by atoms with Crippen molar-refractivity contribution in [1.82, 2.24) is 10.2 Å². The van der Waals surface area contributed by atoms with Crippen LogP contribution in [0.2, 0.25) is 5.02 Å². The number of nitrogens with one attached hydrogen (secondary N) is 1. The van der Waals surface area contributed by atoms with Crippen LogP contribution in [0.15, 0.2) is 42.5 Å². The lowest BCUT2D eigenvalue weighted by molar-refractivity contribution is -0.140. The number of nitrogens with zero attached hydrogens (tertiary/aromatic N) is 2. The van der Waals surface area contributed by atoms with Gasteiger partial charge in [-0.2, -0.15) is 0 Å². The smallest absolute Gasteiger partial charge is 0.244 e. The van der Waals surface area contributed by atoms with E-state index in [0.29, 0.717) is 29.7 Å². The number of rotatable bonds is 9. The van der Waals surface area contributed by atoms with E-state index in [1.54, 1.807) is 49.4 Å². The van der Waals surface area contributed by atoms with E-state index in [9.17, 15) is 18.0 Å². The lowest BCUT2D eigenvalue weighted by Crippen LogP contribution is -2.54. The molecule has 0 unspecified atom stereocenters. The highest BCUT2D eigenvalue weighted by Gasteiger charge is 2.32. The fourth-order valence-corrected chi connectivity index (χ4v) is 4.93. The molecule has 2 amide bonds. The molecule has 9 nitrogen and oxygen atoms in total. The zero-order valence-electron chi connectivity index (χ0n) is 21.8. The highest BCUT2D eigenvalue weighted by molar-refractivity contribution is 7.92.